The van der Waals surface area contributed by atoms with Crippen LogP contribution in [0.15, 0.2) is 116 Å². The third-order valence-corrected chi connectivity index (χ3v) is 7.04. The summed E-state index contributed by atoms with van der Waals surface area (Å²) in [7, 11) is 0. The van der Waals surface area contributed by atoms with Crippen LogP contribution < -0.4 is 0 Å². The molecule has 0 spiro atoms. The molecule has 0 saturated carbocycles. The first kappa shape index (κ1) is 24.2. The summed E-state index contributed by atoms with van der Waals surface area (Å²) >= 11 is 0. The first-order valence-corrected chi connectivity index (χ1v) is 12.4. The average molecular weight is 663 g/mol. The molecule has 2 aromatic heterocycles. The van der Waals surface area contributed by atoms with Crippen LogP contribution in [-0.4, -0.2) is 9.97 Å². The Hall–Kier alpha value is -4.17. The van der Waals surface area contributed by atoms with Gasteiger partial charge in [0.1, 0.15) is 0 Å². The molecule has 183 valence electrons. The van der Waals surface area contributed by atoms with Gasteiger partial charge in [0.2, 0.25) is 0 Å². The van der Waals surface area contributed by atoms with E-state index in [1.54, 1.807) is 6.20 Å². The van der Waals surface area contributed by atoms with Crippen LogP contribution in [0.5, 0.6) is 0 Å². The van der Waals surface area contributed by atoms with E-state index in [9.17, 15) is 0 Å². The van der Waals surface area contributed by atoms with E-state index in [0.29, 0.717) is 0 Å². The van der Waals surface area contributed by atoms with E-state index >= 15 is 0 Å². The van der Waals surface area contributed by atoms with Gasteiger partial charge in [0.15, 0.2) is 0 Å². The van der Waals surface area contributed by atoms with Gasteiger partial charge in [-0.1, -0.05) is 72.3 Å². The Morgan fingerprint density at radius 1 is 0.579 bits per heavy atom. The predicted molar refractivity (Wildman–Crippen MR) is 155 cm³/mol. The van der Waals surface area contributed by atoms with E-state index < -0.39 is 0 Å². The van der Waals surface area contributed by atoms with E-state index in [0.717, 1.165) is 22.2 Å². The van der Waals surface area contributed by atoms with Gasteiger partial charge in [-0.25, -0.2) is 0 Å². The molecule has 0 unspecified atom stereocenters. The summed E-state index contributed by atoms with van der Waals surface area (Å²) in [5.74, 6) is 0. The van der Waals surface area contributed by atoms with Gasteiger partial charge >= 0.3 is 0 Å². The number of hydrogen-bond acceptors (Lipinski definition) is 2. The van der Waals surface area contributed by atoms with E-state index in [4.69, 9.17) is 4.98 Å². The zero-order chi connectivity index (χ0) is 24.8. The molecule has 8 aromatic rings. The second kappa shape index (κ2) is 9.95. The molecule has 6 aromatic carbocycles. The zero-order valence-electron chi connectivity index (χ0n) is 20.7. The molecule has 3 heteroatoms. The maximum atomic E-state index is 4.77. The second-order valence-electron chi connectivity index (χ2n) is 9.31. The molecule has 0 N–H and O–H groups in total. The monoisotopic (exact) mass is 663 g/mol. The Bertz CT molecular complexity index is 2000. The number of fused-ring (bicyclic) bond motifs is 6. The third-order valence-electron chi connectivity index (χ3n) is 7.04. The summed E-state index contributed by atoms with van der Waals surface area (Å²) in [6, 6.07) is 42.1. The van der Waals surface area contributed by atoms with Crippen molar-refractivity contribution in [3.63, 3.8) is 0 Å². The van der Waals surface area contributed by atoms with E-state index in [2.05, 4.69) is 84.7 Å². The molecule has 2 nitrogen and oxygen atoms in total. The van der Waals surface area contributed by atoms with Crippen LogP contribution >= 0.6 is 0 Å². The van der Waals surface area contributed by atoms with Gasteiger partial charge in [-0.2, -0.15) is 0 Å². The molecule has 0 fully saturated rings. The SMILES string of the molecule is Cc1c[c-]c2c(c1)c1cccc3c4ccccc4c4ccnc2c4c13.[Ir].[c-]1ccccc1-c1ccccn1. The minimum Gasteiger partial charge on any atom is -0.305 e. The summed E-state index contributed by atoms with van der Waals surface area (Å²) in [6.07, 6.45) is 3.72. The third kappa shape index (κ3) is 3.92. The molecule has 0 atom stereocenters. The molecule has 0 aliphatic rings. The van der Waals surface area contributed by atoms with E-state index in [-0.39, 0.29) is 20.1 Å². The molecule has 0 saturated heterocycles. The molecular formula is C35H22IrN2-2. The maximum Gasteiger partial charge on any atom is 0.0167 e. The van der Waals surface area contributed by atoms with Gasteiger partial charge in [0.05, 0.1) is 0 Å². The Labute approximate surface area is 234 Å². The fourth-order valence-corrected chi connectivity index (χ4v) is 5.44. The van der Waals surface area contributed by atoms with Gasteiger partial charge < -0.3 is 9.97 Å². The number of aryl methyl sites for hydroxylation is 1. The molecule has 0 aliphatic carbocycles. The van der Waals surface area contributed by atoms with Gasteiger partial charge in [-0.15, -0.1) is 65.0 Å². The zero-order valence-corrected chi connectivity index (χ0v) is 23.1. The fraction of sp³-hybridized carbons (Fsp3) is 0.0286. The largest absolute Gasteiger partial charge is 0.305 e. The van der Waals surface area contributed by atoms with Crippen molar-refractivity contribution in [1.82, 2.24) is 9.97 Å². The average Bonchev–Trinajstić information content (AvgIpc) is 2.98. The number of aromatic nitrogens is 2. The Kier molecular flexibility index (Phi) is 6.33. The van der Waals surface area contributed by atoms with Crippen LogP contribution in [0, 0.1) is 19.1 Å². The first-order chi connectivity index (χ1) is 18.3. The molecule has 1 radical (unpaired) electrons. The Balaban J connectivity index is 0.000000172. The van der Waals surface area contributed by atoms with E-state index in [1.165, 1.54) is 48.7 Å². The topological polar surface area (TPSA) is 25.8 Å². The van der Waals surface area contributed by atoms with Crippen LogP contribution in [0.25, 0.3) is 65.3 Å². The number of nitrogens with zero attached hydrogens (tertiary/aromatic N) is 2. The van der Waals surface area contributed by atoms with Crippen molar-refractivity contribution in [2.75, 3.05) is 0 Å². The van der Waals surface area contributed by atoms with E-state index in [1.807, 2.05) is 48.7 Å². The van der Waals surface area contributed by atoms with Crippen molar-refractivity contribution in [3.05, 3.63) is 133 Å². The number of benzene rings is 6. The number of hydrogen-bond donors (Lipinski definition) is 0. The molecule has 2 heterocycles. The molecular weight excluding hydrogens is 641 g/mol. The van der Waals surface area contributed by atoms with Crippen molar-refractivity contribution in [2.45, 2.75) is 6.92 Å². The first-order valence-electron chi connectivity index (χ1n) is 12.4. The van der Waals surface area contributed by atoms with Gasteiger partial charge in [0.25, 0.3) is 0 Å². The summed E-state index contributed by atoms with van der Waals surface area (Å²) in [4.78, 5) is 8.98. The van der Waals surface area contributed by atoms with Crippen molar-refractivity contribution in [1.29, 1.82) is 0 Å². The molecule has 0 aliphatic heterocycles. The van der Waals surface area contributed by atoms with Crippen molar-refractivity contribution >= 4 is 54.0 Å². The number of pyridine rings is 2. The predicted octanol–water partition coefficient (Wildman–Crippen LogP) is 8.94. The van der Waals surface area contributed by atoms with Crippen molar-refractivity contribution in [2.24, 2.45) is 0 Å². The van der Waals surface area contributed by atoms with Gasteiger partial charge in [0, 0.05) is 32.5 Å². The van der Waals surface area contributed by atoms with Crippen LogP contribution in [0.4, 0.5) is 0 Å². The molecule has 0 bridgehead atoms. The fourth-order valence-electron chi connectivity index (χ4n) is 5.44. The Morgan fingerprint density at radius 2 is 1.29 bits per heavy atom. The standard InChI is InChI=1S/C24H14N.C11H8N.Ir/c1-14-9-10-20-21(13-14)18-8-4-7-17-15-5-2-3-6-16(15)19-11-12-25-24(20)23(19)22(17)18;1-2-6-10(7-3-1)11-8-4-5-9-12-11;/h2-9,11-13H,1H3;1-6,8-9H;/q2*-1;. The van der Waals surface area contributed by atoms with Gasteiger partial charge in [-0.05, 0) is 55.7 Å². The number of rotatable bonds is 1. The van der Waals surface area contributed by atoms with Crippen molar-refractivity contribution < 1.29 is 20.1 Å². The molecule has 8 rings (SSSR count). The van der Waals surface area contributed by atoms with Gasteiger partial charge in [-0.3, -0.25) is 0 Å². The summed E-state index contributed by atoms with van der Waals surface area (Å²) in [5, 5.41) is 11.4. The molecule has 0 amide bonds. The van der Waals surface area contributed by atoms with Crippen LogP contribution in [-0.2, 0) is 20.1 Å². The minimum atomic E-state index is 0. The normalized spacial score (nSPS) is 11.1. The van der Waals surface area contributed by atoms with Crippen molar-refractivity contribution in [3.8, 4) is 11.3 Å². The summed E-state index contributed by atoms with van der Waals surface area (Å²) in [6.45, 7) is 2.13. The van der Waals surface area contributed by atoms with Crippen LogP contribution in [0.3, 0.4) is 0 Å². The molecule has 38 heavy (non-hydrogen) atoms. The van der Waals surface area contributed by atoms with Crippen LogP contribution in [0.1, 0.15) is 5.56 Å². The quantitative estimate of drug-likeness (QED) is 0.0997. The summed E-state index contributed by atoms with van der Waals surface area (Å²) < 4.78 is 0. The smallest absolute Gasteiger partial charge is 0.0167 e. The van der Waals surface area contributed by atoms with Crippen LogP contribution in [0.2, 0.25) is 0 Å². The summed E-state index contributed by atoms with van der Waals surface area (Å²) in [5.41, 5.74) is 4.30. The maximum absolute atomic E-state index is 4.77. The second-order valence-corrected chi connectivity index (χ2v) is 9.31. The Morgan fingerprint density at radius 3 is 2.03 bits per heavy atom. The minimum absolute atomic E-state index is 0.